The van der Waals surface area contributed by atoms with Crippen LogP contribution in [0.3, 0.4) is 0 Å². The molecule has 0 spiro atoms. The highest BCUT2D eigenvalue weighted by atomic mass is 32.2. The summed E-state index contributed by atoms with van der Waals surface area (Å²) >= 11 is 0. The van der Waals surface area contributed by atoms with E-state index in [0.717, 1.165) is 12.0 Å². The van der Waals surface area contributed by atoms with Crippen LogP contribution >= 0.6 is 0 Å². The van der Waals surface area contributed by atoms with E-state index in [1.165, 1.54) is 0 Å². The molecule has 0 radical (unpaired) electrons. The summed E-state index contributed by atoms with van der Waals surface area (Å²) in [4.78, 5) is 23.7. The van der Waals surface area contributed by atoms with E-state index in [-0.39, 0.29) is 29.8 Å². The van der Waals surface area contributed by atoms with E-state index in [4.69, 9.17) is 0 Å². The number of benzene rings is 2. The van der Waals surface area contributed by atoms with Gasteiger partial charge in [0.1, 0.15) is 0 Å². The van der Waals surface area contributed by atoms with E-state index in [0.29, 0.717) is 17.7 Å². The molecule has 0 saturated heterocycles. The average molecular weight is 404 g/mol. The van der Waals surface area contributed by atoms with Crippen molar-refractivity contribution in [3.05, 3.63) is 59.7 Å². The third-order valence-electron chi connectivity index (χ3n) is 4.10. The lowest BCUT2D eigenvalue weighted by Gasteiger charge is -2.09. The van der Waals surface area contributed by atoms with Gasteiger partial charge in [0.2, 0.25) is 15.9 Å². The van der Waals surface area contributed by atoms with Gasteiger partial charge in [-0.05, 0) is 48.4 Å². The van der Waals surface area contributed by atoms with Gasteiger partial charge < -0.3 is 10.6 Å². The quantitative estimate of drug-likeness (QED) is 0.559. The number of carbonyl (C=O) groups is 2. The maximum Gasteiger partial charge on any atom is 0.251 e. The number of sulfonamides is 1. The van der Waals surface area contributed by atoms with Gasteiger partial charge in [0.05, 0.1) is 4.90 Å². The molecule has 8 heteroatoms. The second kappa shape index (κ2) is 10.0. The number of nitrogens with one attached hydrogen (secondary N) is 3. The molecule has 0 aromatic heterocycles. The molecule has 0 unspecified atom stereocenters. The van der Waals surface area contributed by atoms with Crippen LogP contribution in [0.5, 0.6) is 0 Å². The lowest BCUT2D eigenvalue weighted by Crippen LogP contribution is -2.34. The third-order valence-corrected chi connectivity index (χ3v) is 5.57. The maximum atomic E-state index is 12.2. The first kappa shape index (κ1) is 21.6. The van der Waals surface area contributed by atoms with Crippen LogP contribution in [0.25, 0.3) is 0 Å². The SMILES string of the molecule is CCC(=O)Nc1ccc(C(=O)NCCNS(=O)(=O)c2ccc(CC)cc2)cc1. The Morgan fingerprint density at radius 3 is 2.11 bits per heavy atom. The van der Waals surface area contributed by atoms with Crippen LogP contribution in [-0.2, 0) is 21.2 Å². The Morgan fingerprint density at radius 1 is 0.893 bits per heavy atom. The summed E-state index contributed by atoms with van der Waals surface area (Å²) in [7, 11) is -3.61. The molecule has 3 N–H and O–H groups in total. The van der Waals surface area contributed by atoms with Gasteiger partial charge in [0, 0.05) is 30.8 Å². The fourth-order valence-electron chi connectivity index (χ4n) is 2.41. The maximum absolute atomic E-state index is 12.2. The summed E-state index contributed by atoms with van der Waals surface area (Å²) in [6, 6.07) is 13.2. The first-order valence-electron chi connectivity index (χ1n) is 9.12. The molecule has 28 heavy (non-hydrogen) atoms. The first-order chi connectivity index (χ1) is 13.4. The summed E-state index contributed by atoms with van der Waals surface area (Å²) in [5.41, 5.74) is 2.10. The van der Waals surface area contributed by atoms with Gasteiger partial charge >= 0.3 is 0 Å². The molecule has 0 aliphatic carbocycles. The number of amides is 2. The van der Waals surface area contributed by atoms with Crippen molar-refractivity contribution in [1.82, 2.24) is 10.0 Å². The van der Waals surface area contributed by atoms with E-state index in [9.17, 15) is 18.0 Å². The lowest BCUT2D eigenvalue weighted by molar-refractivity contribution is -0.115. The van der Waals surface area contributed by atoms with Gasteiger partial charge in [-0.25, -0.2) is 13.1 Å². The Balaban J connectivity index is 1.82. The Labute approximate surface area is 165 Å². The Kier molecular flexibility index (Phi) is 7.71. The molecule has 0 heterocycles. The first-order valence-corrected chi connectivity index (χ1v) is 10.6. The van der Waals surface area contributed by atoms with Gasteiger partial charge in [0.15, 0.2) is 0 Å². The third kappa shape index (κ3) is 6.17. The molecule has 0 aliphatic rings. The van der Waals surface area contributed by atoms with Gasteiger partial charge in [0.25, 0.3) is 5.91 Å². The highest BCUT2D eigenvalue weighted by Crippen LogP contribution is 2.11. The van der Waals surface area contributed by atoms with Crippen LogP contribution in [0.4, 0.5) is 5.69 Å². The summed E-state index contributed by atoms with van der Waals surface area (Å²) in [5.74, 6) is -0.423. The lowest BCUT2D eigenvalue weighted by atomic mass is 10.2. The van der Waals surface area contributed by atoms with Gasteiger partial charge in [-0.1, -0.05) is 26.0 Å². The van der Waals surface area contributed by atoms with Crippen LogP contribution in [0, 0.1) is 0 Å². The highest BCUT2D eigenvalue weighted by Gasteiger charge is 2.13. The van der Waals surface area contributed by atoms with Crippen molar-refractivity contribution in [2.75, 3.05) is 18.4 Å². The summed E-state index contributed by atoms with van der Waals surface area (Å²) in [6.07, 6.45) is 1.21. The smallest absolute Gasteiger partial charge is 0.251 e. The molecule has 0 atom stereocenters. The number of rotatable bonds is 9. The van der Waals surface area contributed by atoms with Crippen LogP contribution < -0.4 is 15.4 Å². The molecule has 7 nitrogen and oxygen atoms in total. The molecule has 0 fully saturated rings. The van der Waals surface area contributed by atoms with Crippen LogP contribution in [0.2, 0.25) is 0 Å². The van der Waals surface area contributed by atoms with E-state index in [1.807, 2.05) is 6.92 Å². The van der Waals surface area contributed by atoms with Crippen molar-refractivity contribution in [3.8, 4) is 0 Å². The summed E-state index contributed by atoms with van der Waals surface area (Å²) < 4.78 is 26.9. The van der Waals surface area contributed by atoms with E-state index >= 15 is 0 Å². The van der Waals surface area contributed by atoms with Gasteiger partial charge in [-0.15, -0.1) is 0 Å². The fraction of sp³-hybridized carbons (Fsp3) is 0.300. The Hall–Kier alpha value is -2.71. The highest BCUT2D eigenvalue weighted by molar-refractivity contribution is 7.89. The van der Waals surface area contributed by atoms with Gasteiger partial charge in [-0.2, -0.15) is 0 Å². The minimum absolute atomic E-state index is 0.0776. The molecular weight excluding hydrogens is 378 g/mol. The van der Waals surface area contributed by atoms with Crippen molar-refractivity contribution in [2.24, 2.45) is 0 Å². The number of carbonyl (C=O) groups excluding carboxylic acids is 2. The van der Waals surface area contributed by atoms with E-state index < -0.39 is 10.0 Å². The monoisotopic (exact) mass is 403 g/mol. The second-order valence-electron chi connectivity index (χ2n) is 6.13. The van der Waals surface area contributed by atoms with Crippen LogP contribution in [-0.4, -0.2) is 33.3 Å². The number of hydrogen-bond donors (Lipinski definition) is 3. The number of anilines is 1. The van der Waals surface area contributed by atoms with Crippen molar-refractivity contribution in [3.63, 3.8) is 0 Å². The standard InChI is InChI=1S/C20H25N3O4S/c1-3-15-5-11-18(12-6-15)28(26,27)22-14-13-21-20(25)16-7-9-17(10-8-16)23-19(24)4-2/h5-12,22H,3-4,13-14H2,1-2H3,(H,21,25)(H,23,24). The zero-order chi connectivity index (χ0) is 20.6. The fourth-order valence-corrected chi connectivity index (χ4v) is 3.44. The molecule has 0 saturated carbocycles. The number of hydrogen-bond acceptors (Lipinski definition) is 4. The normalized spacial score (nSPS) is 11.1. The van der Waals surface area contributed by atoms with Gasteiger partial charge in [-0.3, -0.25) is 9.59 Å². The topological polar surface area (TPSA) is 104 Å². The zero-order valence-electron chi connectivity index (χ0n) is 16.0. The molecule has 150 valence electrons. The Morgan fingerprint density at radius 2 is 1.54 bits per heavy atom. The second-order valence-corrected chi connectivity index (χ2v) is 7.90. The molecule has 2 amide bonds. The minimum atomic E-state index is -3.61. The minimum Gasteiger partial charge on any atom is -0.351 e. The molecular formula is C20H25N3O4S. The Bertz CT molecular complexity index is 907. The molecule has 2 rings (SSSR count). The zero-order valence-corrected chi connectivity index (χ0v) is 16.8. The molecule has 2 aromatic carbocycles. The average Bonchev–Trinajstić information content (AvgIpc) is 2.71. The molecule has 2 aromatic rings. The molecule has 0 bridgehead atoms. The summed E-state index contributed by atoms with van der Waals surface area (Å²) in [6.45, 7) is 3.98. The van der Waals surface area contributed by atoms with Crippen molar-refractivity contribution in [1.29, 1.82) is 0 Å². The predicted molar refractivity (Wildman–Crippen MR) is 109 cm³/mol. The van der Waals surface area contributed by atoms with Crippen molar-refractivity contribution < 1.29 is 18.0 Å². The van der Waals surface area contributed by atoms with Crippen LogP contribution in [0.1, 0.15) is 36.2 Å². The predicted octanol–water partition coefficient (Wildman–Crippen LogP) is 2.31. The largest absolute Gasteiger partial charge is 0.351 e. The van der Waals surface area contributed by atoms with E-state index in [1.54, 1.807) is 55.5 Å². The van der Waals surface area contributed by atoms with Crippen LogP contribution in [0.15, 0.2) is 53.4 Å². The molecule has 0 aliphatic heterocycles. The summed E-state index contributed by atoms with van der Waals surface area (Å²) in [5, 5.41) is 5.36. The van der Waals surface area contributed by atoms with Crippen molar-refractivity contribution in [2.45, 2.75) is 31.6 Å². The number of aryl methyl sites for hydroxylation is 1. The van der Waals surface area contributed by atoms with Crippen molar-refractivity contribution >= 4 is 27.5 Å². The van der Waals surface area contributed by atoms with E-state index in [2.05, 4.69) is 15.4 Å².